The molecule has 5 nitrogen and oxygen atoms in total. The Morgan fingerprint density at radius 1 is 1.12 bits per heavy atom. The van der Waals surface area contributed by atoms with Crippen molar-refractivity contribution in [2.24, 2.45) is 0 Å². The molecule has 0 aromatic heterocycles. The second-order valence-electron chi connectivity index (χ2n) is 2.82. The molecule has 0 saturated carbocycles. The van der Waals surface area contributed by atoms with Gasteiger partial charge in [0.1, 0.15) is 0 Å². The van der Waals surface area contributed by atoms with Crippen LogP contribution in [0.3, 0.4) is 0 Å². The molecule has 0 N–H and O–H groups in total. The van der Waals surface area contributed by atoms with Crippen LogP contribution < -0.4 is 56.5 Å². The van der Waals surface area contributed by atoms with Crippen molar-refractivity contribution in [1.82, 2.24) is 0 Å². The molecule has 0 radical (unpaired) electrons. The smallest absolute Gasteiger partial charge is 0.867 e. The van der Waals surface area contributed by atoms with Gasteiger partial charge in [0, 0.05) is 6.08 Å². The summed E-state index contributed by atoms with van der Waals surface area (Å²) in [4.78, 5) is 21.9. The van der Waals surface area contributed by atoms with Gasteiger partial charge in [-0.1, -0.05) is 11.6 Å². The molecule has 0 rings (SSSR count). The average molecular weight is 266 g/mol. The van der Waals surface area contributed by atoms with Crippen molar-refractivity contribution >= 4 is 11.9 Å². The fourth-order valence-corrected chi connectivity index (χ4v) is 0.817. The maximum Gasteiger partial charge on any atom is 1.00 e. The van der Waals surface area contributed by atoms with E-state index in [4.69, 9.17) is 0 Å². The molecule has 0 aliphatic heterocycles. The minimum absolute atomic E-state index is 0. The van der Waals surface area contributed by atoms with E-state index < -0.39 is 17.7 Å². The topological polar surface area (TPSA) is 75.7 Å². The second kappa shape index (κ2) is 11.0. The Bertz CT molecular complexity index is 320. The van der Waals surface area contributed by atoms with Crippen molar-refractivity contribution < 1.29 is 75.6 Å². The molecular weight excluding hydrogens is 251 g/mol. The van der Waals surface area contributed by atoms with Crippen LogP contribution in [0.25, 0.3) is 0 Å². The molecule has 0 atom stereocenters. The van der Waals surface area contributed by atoms with Gasteiger partial charge in [-0.2, -0.15) is 0 Å². The Morgan fingerprint density at radius 3 is 2.12 bits per heavy atom. The van der Waals surface area contributed by atoms with Gasteiger partial charge in [0.25, 0.3) is 0 Å². The van der Waals surface area contributed by atoms with Gasteiger partial charge in [-0.25, -0.2) is 9.59 Å². The molecule has 6 heteroatoms. The van der Waals surface area contributed by atoms with Crippen LogP contribution >= 0.6 is 0 Å². The summed E-state index contributed by atoms with van der Waals surface area (Å²) in [5.74, 6) is -2.24. The van der Waals surface area contributed by atoms with Crippen LogP contribution in [0.5, 0.6) is 0 Å². The molecule has 0 aromatic rings. The summed E-state index contributed by atoms with van der Waals surface area (Å²) in [7, 11) is 0. The number of hydrogen-bond acceptors (Lipinski definition) is 5. The summed E-state index contributed by atoms with van der Waals surface area (Å²) < 4.78 is 9.13. The van der Waals surface area contributed by atoms with Crippen LogP contribution in [0.15, 0.2) is 23.5 Å². The monoisotopic (exact) mass is 266 g/mol. The third-order valence-corrected chi connectivity index (χ3v) is 1.57. The van der Waals surface area contributed by atoms with Crippen LogP contribution in [0.1, 0.15) is 20.8 Å². The molecule has 0 unspecified atom stereocenters. The van der Waals surface area contributed by atoms with Crippen LogP contribution in [-0.4, -0.2) is 25.2 Å². The van der Waals surface area contributed by atoms with Gasteiger partial charge in [0.05, 0.1) is 13.2 Å². The zero-order chi connectivity index (χ0) is 12.6. The fourth-order valence-electron chi connectivity index (χ4n) is 0.817. The van der Waals surface area contributed by atoms with Crippen LogP contribution in [-0.2, 0) is 19.1 Å². The number of rotatable bonds is 5. The van der Waals surface area contributed by atoms with E-state index in [0.717, 1.165) is 6.08 Å². The van der Waals surface area contributed by atoms with Gasteiger partial charge < -0.3 is 14.6 Å². The molecule has 0 aliphatic rings. The van der Waals surface area contributed by atoms with Gasteiger partial charge in [-0.3, -0.25) is 0 Å². The van der Waals surface area contributed by atoms with Crippen molar-refractivity contribution in [3.63, 3.8) is 0 Å². The Balaban J connectivity index is 0. The summed E-state index contributed by atoms with van der Waals surface area (Å²) in [5.41, 5.74) is 0.131. The van der Waals surface area contributed by atoms with E-state index >= 15 is 0 Å². The minimum atomic E-state index is -0.923. The van der Waals surface area contributed by atoms with Crippen LogP contribution in [0.4, 0.5) is 0 Å². The number of esters is 2. The Kier molecular flexibility index (Phi) is 12.4. The number of hydrogen-bond donors (Lipinski definition) is 0. The van der Waals surface area contributed by atoms with Crippen LogP contribution in [0.2, 0.25) is 0 Å². The summed E-state index contributed by atoms with van der Waals surface area (Å²) in [6, 6.07) is 0. The second-order valence-corrected chi connectivity index (χ2v) is 2.82. The van der Waals surface area contributed by atoms with E-state index in [1.54, 1.807) is 13.8 Å². The van der Waals surface area contributed by atoms with E-state index in [1.165, 1.54) is 13.0 Å². The van der Waals surface area contributed by atoms with E-state index in [9.17, 15) is 14.7 Å². The first-order valence-electron chi connectivity index (χ1n) is 4.92. The number of carbonyl (C=O) groups excluding carboxylic acids is 2. The van der Waals surface area contributed by atoms with Crippen molar-refractivity contribution in [3.8, 4) is 0 Å². The molecule has 0 amide bonds. The summed E-state index contributed by atoms with van der Waals surface area (Å²) >= 11 is 0. The van der Waals surface area contributed by atoms with E-state index in [-0.39, 0.29) is 70.2 Å². The maximum atomic E-state index is 11.3. The molecule has 0 aromatic carbocycles. The molecular formula is C11H15KO5. The summed E-state index contributed by atoms with van der Waals surface area (Å²) in [5, 5.41) is 11.3. The van der Waals surface area contributed by atoms with E-state index in [1.807, 2.05) is 0 Å². The quantitative estimate of drug-likeness (QED) is 0.178. The molecule has 90 valence electrons. The fraction of sp³-hybridized carbons (Fsp3) is 0.455. The van der Waals surface area contributed by atoms with Gasteiger partial charge in [-0.15, -0.1) is 0 Å². The van der Waals surface area contributed by atoms with E-state index in [0.29, 0.717) is 0 Å². The predicted molar refractivity (Wildman–Crippen MR) is 55.1 cm³/mol. The normalized spacial score (nSPS) is 11.5. The molecule has 0 heterocycles. The molecule has 0 aliphatic carbocycles. The number of carbonyl (C=O) groups is 2. The van der Waals surface area contributed by atoms with Crippen molar-refractivity contribution in [1.29, 1.82) is 0 Å². The van der Waals surface area contributed by atoms with Crippen molar-refractivity contribution in [2.45, 2.75) is 20.8 Å². The van der Waals surface area contributed by atoms with Crippen molar-refractivity contribution in [2.75, 3.05) is 13.2 Å². The zero-order valence-corrected chi connectivity index (χ0v) is 13.7. The van der Waals surface area contributed by atoms with Gasteiger partial charge in [0.2, 0.25) is 0 Å². The zero-order valence-electron chi connectivity index (χ0n) is 10.6. The first kappa shape index (κ1) is 19.2. The summed E-state index contributed by atoms with van der Waals surface area (Å²) in [6.07, 6.45) is 2.33. The average Bonchev–Trinajstić information content (AvgIpc) is 2.25. The third-order valence-electron chi connectivity index (χ3n) is 1.57. The first-order chi connectivity index (χ1) is 7.52. The Hall–Kier alpha value is -0.144. The summed E-state index contributed by atoms with van der Waals surface area (Å²) in [6.45, 7) is 5.10. The minimum Gasteiger partial charge on any atom is -0.867 e. The molecule has 0 bridgehead atoms. The van der Waals surface area contributed by atoms with Gasteiger partial charge in [0.15, 0.2) is 0 Å². The standard InChI is InChI=1S/C11H16O5.K/c1-4-15-9(12)7-6-8(3)10(13)11(14)16-5-2;/h6-7,13H,4-5H2,1-3H3;/q;+1/p-1/b7-6+,10-8-;. The predicted octanol–water partition coefficient (Wildman–Crippen LogP) is -2.69. The third kappa shape index (κ3) is 8.56. The van der Waals surface area contributed by atoms with Crippen molar-refractivity contribution in [3.05, 3.63) is 23.5 Å². The van der Waals surface area contributed by atoms with Gasteiger partial charge in [-0.05, 0) is 26.5 Å². The maximum absolute atomic E-state index is 11.3. The van der Waals surface area contributed by atoms with Crippen LogP contribution in [0, 0.1) is 0 Å². The van der Waals surface area contributed by atoms with Gasteiger partial charge >= 0.3 is 63.3 Å². The Morgan fingerprint density at radius 2 is 1.65 bits per heavy atom. The number of allylic oxidation sites excluding steroid dienone is 2. The molecule has 0 saturated heterocycles. The molecule has 0 fully saturated rings. The number of ether oxygens (including phenoxy) is 2. The Labute approximate surface area is 143 Å². The molecule has 0 spiro atoms. The first-order valence-corrected chi connectivity index (χ1v) is 4.92. The molecule has 17 heavy (non-hydrogen) atoms. The van der Waals surface area contributed by atoms with E-state index in [2.05, 4.69) is 9.47 Å². The SMILES string of the molecule is CCOC(=O)/C=C/C(C)=C(\[O-])C(=O)OCC.[K+]. The largest absolute Gasteiger partial charge is 1.00 e.